The summed E-state index contributed by atoms with van der Waals surface area (Å²) in [6.07, 6.45) is 3.11. The largest absolute Gasteiger partial charge is 0.489 e. The molecule has 0 amide bonds. The number of benzene rings is 1. The average molecular weight is 280 g/mol. The van der Waals surface area contributed by atoms with E-state index in [1.54, 1.807) is 18.3 Å². The van der Waals surface area contributed by atoms with Crippen LogP contribution < -0.4 is 4.74 Å². The number of carbonyl (C=O) groups excluding carboxylic acids is 1. The zero-order chi connectivity index (χ0) is 13.8. The number of pyridine rings is 1. The number of nitrogens with zero attached hydrogens (tertiary/aromatic N) is 1. The van der Waals surface area contributed by atoms with Crippen molar-refractivity contribution in [3.8, 4) is 5.75 Å². The minimum absolute atomic E-state index is 0.0503. The van der Waals surface area contributed by atoms with Crippen molar-refractivity contribution >= 4 is 17.4 Å². The topological polar surface area (TPSA) is 39.2 Å². The van der Waals surface area contributed by atoms with Crippen LogP contribution in [0.1, 0.15) is 22.8 Å². The standard InChI is InChI=1S/C14H11ClFNO2/c1-9(18)12-3-2-11(6-14(12)16)19-8-10-4-5-17-7-13(10)15/h2-7H,8H2,1H3. The van der Waals surface area contributed by atoms with Crippen molar-refractivity contribution in [3.05, 3.63) is 58.6 Å². The van der Waals surface area contributed by atoms with Crippen LogP contribution in [0.5, 0.6) is 5.75 Å². The second-order valence-electron chi connectivity index (χ2n) is 3.95. The van der Waals surface area contributed by atoms with Gasteiger partial charge in [0.15, 0.2) is 5.78 Å². The molecule has 0 unspecified atom stereocenters. The minimum atomic E-state index is -0.592. The van der Waals surface area contributed by atoms with E-state index in [0.717, 1.165) is 5.56 Å². The van der Waals surface area contributed by atoms with Gasteiger partial charge in [-0.2, -0.15) is 0 Å². The first kappa shape index (κ1) is 13.5. The van der Waals surface area contributed by atoms with Gasteiger partial charge in [-0.25, -0.2) is 4.39 Å². The maximum absolute atomic E-state index is 13.6. The lowest BCUT2D eigenvalue weighted by molar-refractivity contribution is 0.101. The highest BCUT2D eigenvalue weighted by atomic mass is 35.5. The Morgan fingerprint density at radius 2 is 2.21 bits per heavy atom. The number of rotatable bonds is 4. The Hall–Kier alpha value is -1.94. The Kier molecular flexibility index (Phi) is 4.12. The summed E-state index contributed by atoms with van der Waals surface area (Å²) in [5.74, 6) is -0.567. The van der Waals surface area contributed by atoms with E-state index in [-0.39, 0.29) is 18.0 Å². The van der Waals surface area contributed by atoms with Gasteiger partial charge in [-0.05, 0) is 25.1 Å². The van der Waals surface area contributed by atoms with Crippen molar-refractivity contribution in [3.63, 3.8) is 0 Å². The molecule has 98 valence electrons. The third-order valence-electron chi connectivity index (χ3n) is 2.57. The van der Waals surface area contributed by atoms with Crippen molar-refractivity contribution in [1.82, 2.24) is 4.98 Å². The quantitative estimate of drug-likeness (QED) is 0.802. The molecular weight excluding hydrogens is 269 g/mol. The summed E-state index contributed by atoms with van der Waals surface area (Å²) in [4.78, 5) is 15.0. The van der Waals surface area contributed by atoms with Gasteiger partial charge < -0.3 is 4.74 Å². The van der Waals surface area contributed by atoms with Gasteiger partial charge in [0.1, 0.15) is 18.2 Å². The molecule has 0 saturated heterocycles. The summed E-state index contributed by atoms with van der Waals surface area (Å²) in [7, 11) is 0. The molecular formula is C14H11ClFNO2. The molecule has 1 heterocycles. The fourth-order valence-electron chi connectivity index (χ4n) is 1.55. The van der Waals surface area contributed by atoms with Crippen LogP contribution in [0.15, 0.2) is 36.7 Å². The van der Waals surface area contributed by atoms with Crippen molar-refractivity contribution in [2.24, 2.45) is 0 Å². The lowest BCUT2D eigenvalue weighted by Crippen LogP contribution is -2.00. The molecule has 0 aliphatic carbocycles. The number of hydrogen-bond donors (Lipinski definition) is 0. The van der Waals surface area contributed by atoms with E-state index in [2.05, 4.69) is 4.98 Å². The van der Waals surface area contributed by atoms with Gasteiger partial charge in [-0.3, -0.25) is 9.78 Å². The lowest BCUT2D eigenvalue weighted by atomic mass is 10.1. The summed E-state index contributed by atoms with van der Waals surface area (Å²) in [5, 5.41) is 0.489. The molecule has 5 heteroatoms. The number of ketones is 1. The molecule has 19 heavy (non-hydrogen) atoms. The summed E-state index contributed by atoms with van der Waals surface area (Å²) < 4.78 is 19.0. The van der Waals surface area contributed by atoms with E-state index in [9.17, 15) is 9.18 Å². The molecule has 0 aliphatic rings. The van der Waals surface area contributed by atoms with Gasteiger partial charge in [0.25, 0.3) is 0 Å². The molecule has 2 rings (SSSR count). The van der Waals surface area contributed by atoms with Crippen molar-refractivity contribution < 1.29 is 13.9 Å². The third kappa shape index (κ3) is 3.29. The molecule has 0 atom stereocenters. The third-order valence-corrected chi connectivity index (χ3v) is 2.91. The maximum Gasteiger partial charge on any atom is 0.162 e. The van der Waals surface area contributed by atoms with Crippen LogP contribution in [-0.4, -0.2) is 10.8 Å². The van der Waals surface area contributed by atoms with Crippen LogP contribution in [-0.2, 0) is 6.61 Å². The molecule has 2 aromatic rings. The van der Waals surface area contributed by atoms with Gasteiger partial charge in [0, 0.05) is 24.0 Å². The maximum atomic E-state index is 13.6. The van der Waals surface area contributed by atoms with E-state index in [1.165, 1.54) is 25.3 Å². The number of Topliss-reactive ketones (excluding diaryl/α,β-unsaturated/α-hetero) is 1. The highest BCUT2D eigenvalue weighted by Crippen LogP contribution is 2.20. The van der Waals surface area contributed by atoms with E-state index in [1.807, 2.05) is 0 Å². The van der Waals surface area contributed by atoms with Gasteiger partial charge in [0.05, 0.1) is 10.6 Å². The molecule has 0 bridgehead atoms. The highest BCUT2D eigenvalue weighted by Gasteiger charge is 2.08. The van der Waals surface area contributed by atoms with Crippen LogP contribution in [0, 0.1) is 5.82 Å². The second-order valence-corrected chi connectivity index (χ2v) is 4.36. The van der Waals surface area contributed by atoms with Crippen LogP contribution in [0.25, 0.3) is 0 Å². The van der Waals surface area contributed by atoms with Crippen LogP contribution in [0.2, 0.25) is 5.02 Å². The molecule has 1 aromatic heterocycles. The Morgan fingerprint density at radius 1 is 1.42 bits per heavy atom. The Bertz CT molecular complexity index is 616. The number of aromatic nitrogens is 1. The Labute approximate surface area is 115 Å². The van der Waals surface area contributed by atoms with Crippen molar-refractivity contribution in [2.45, 2.75) is 13.5 Å². The molecule has 0 saturated carbocycles. The summed E-state index contributed by atoms with van der Waals surface area (Å²) in [6.45, 7) is 1.52. The first-order valence-electron chi connectivity index (χ1n) is 5.59. The lowest BCUT2D eigenvalue weighted by Gasteiger charge is -2.08. The number of carbonyl (C=O) groups is 1. The SMILES string of the molecule is CC(=O)c1ccc(OCc2ccncc2Cl)cc1F. The first-order valence-corrected chi connectivity index (χ1v) is 5.97. The van der Waals surface area contributed by atoms with E-state index in [0.29, 0.717) is 10.8 Å². The predicted molar refractivity (Wildman–Crippen MR) is 70.0 cm³/mol. The van der Waals surface area contributed by atoms with Crippen LogP contribution in [0.3, 0.4) is 0 Å². The molecule has 0 fully saturated rings. The molecule has 1 aromatic carbocycles. The van der Waals surface area contributed by atoms with Crippen LogP contribution in [0.4, 0.5) is 4.39 Å². The second kappa shape index (κ2) is 5.80. The zero-order valence-corrected chi connectivity index (χ0v) is 10.9. The summed E-state index contributed by atoms with van der Waals surface area (Å²) >= 11 is 5.93. The van der Waals surface area contributed by atoms with Gasteiger partial charge in [-0.1, -0.05) is 11.6 Å². The molecule has 0 radical (unpaired) electrons. The van der Waals surface area contributed by atoms with Gasteiger partial charge in [-0.15, -0.1) is 0 Å². The number of hydrogen-bond acceptors (Lipinski definition) is 3. The van der Waals surface area contributed by atoms with E-state index < -0.39 is 5.82 Å². The molecule has 0 aliphatic heterocycles. The number of halogens is 2. The zero-order valence-electron chi connectivity index (χ0n) is 10.2. The molecule has 3 nitrogen and oxygen atoms in total. The van der Waals surface area contributed by atoms with Gasteiger partial charge in [0.2, 0.25) is 0 Å². The van der Waals surface area contributed by atoms with Gasteiger partial charge >= 0.3 is 0 Å². The Balaban J connectivity index is 2.11. The molecule has 0 N–H and O–H groups in total. The summed E-state index contributed by atoms with van der Waals surface area (Å²) in [6, 6.07) is 5.87. The fraction of sp³-hybridized carbons (Fsp3) is 0.143. The van der Waals surface area contributed by atoms with Crippen molar-refractivity contribution in [2.75, 3.05) is 0 Å². The van der Waals surface area contributed by atoms with Crippen LogP contribution >= 0.6 is 11.6 Å². The average Bonchev–Trinajstić information content (AvgIpc) is 2.37. The van der Waals surface area contributed by atoms with E-state index >= 15 is 0 Å². The monoisotopic (exact) mass is 279 g/mol. The predicted octanol–water partition coefficient (Wildman–Crippen LogP) is 3.66. The first-order chi connectivity index (χ1) is 9.08. The Morgan fingerprint density at radius 3 is 2.84 bits per heavy atom. The van der Waals surface area contributed by atoms with E-state index in [4.69, 9.17) is 16.3 Å². The number of ether oxygens (including phenoxy) is 1. The summed E-state index contributed by atoms with van der Waals surface area (Å²) in [5.41, 5.74) is 0.807. The normalized spacial score (nSPS) is 10.3. The smallest absolute Gasteiger partial charge is 0.162 e. The minimum Gasteiger partial charge on any atom is -0.489 e. The van der Waals surface area contributed by atoms with Crippen molar-refractivity contribution in [1.29, 1.82) is 0 Å². The highest BCUT2D eigenvalue weighted by molar-refractivity contribution is 6.31. The molecule has 0 spiro atoms. The fourth-order valence-corrected chi connectivity index (χ4v) is 1.73.